The second-order valence-corrected chi connectivity index (χ2v) is 4.96. The van der Waals surface area contributed by atoms with Crippen LogP contribution < -0.4 is 5.32 Å². The topological polar surface area (TPSA) is 51.0 Å². The number of benzene rings is 1. The summed E-state index contributed by atoms with van der Waals surface area (Å²) in [6.07, 6.45) is 3.44. The molecule has 0 unspecified atom stereocenters. The molecule has 0 bridgehead atoms. The molecule has 6 heteroatoms. The van der Waals surface area contributed by atoms with E-state index in [0.717, 1.165) is 31.9 Å². The quantitative estimate of drug-likeness (QED) is 0.938. The lowest BCUT2D eigenvalue weighted by molar-refractivity contribution is 0.296. The largest absolute Gasteiger partial charge is 0.338 e. The van der Waals surface area contributed by atoms with Crippen molar-refractivity contribution >= 4 is 0 Å². The highest BCUT2D eigenvalue weighted by Gasteiger charge is 2.21. The Balaban J connectivity index is 1.73. The number of hydrogen-bond donors (Lipinski definition) is 1. The van der Waals surface area contributed by atoms with E-state index in [2.05, 4.69) is 15.5 Å². The molecular formula is C14H15F2N3O. The Hall–Kier alpha value is -1.82. The van der Waals surface area contributed by atoms with Crippen molar-refractivity contribution in [3.05, 3.63) is 47.1 Å². The number of piperidine rings is 1. The molecule has 20 heavy (non-hydrogen) atoms. The van der Waals surface area contributed by atoms with Gasteiger partial charge in [-0.25, -0.2) is 8.78 Å². The van der Waals surface area contributed by atoms with E-state index in [1.165, 1.54) is 12.1 Å². The number of halogens is 2. The van der Waals surface area contributed by atoms with Crippen LogP contribution in [0.2, 0.25) is 0 Å². The number of nitrogens with one attached hydrogen (secondary N) is 1. The van der Waals surface area contributed by atoms with Crippen molar-refractivity contribution in [2.45, 2.75) is 31.7 Å². The minimum atomic E-state index is -0.591. The molecule has 1 N–H and O–H groups in total. The lowest BCUT2D eigenvalue weighted by atomic mass is 10.1. The monoisotopic (exact) mass is 279 g/mol. The van der Waals surface area contributed by atoms with Crippen molar-refractivity contribution in [1.82, 2.24) is 15.5 Å². The van der Waals surface area contributed by atoms with E-state index >= 15 is 0 Å². The first-order valence-corrected chi connectivity index (χ1v) is 6.72. The van der Waals surface area contributed by atoms with Crippen LogP contribution in [0, 0.1) is 11.6 Å². The molecule has 0 amide bonds. The Labute approximate surface area is 115 Å². The third kappa shape index (κ3) is 2.85. The molecule has 0 radical (unpaired) electrons. The predicted molar refractivity (Wildman–Crippen MR) is 68.1 cm³/mol. The maximum absolute atomic E-state index is 13.6. The molecule has 2 heterocycles. The molecule has 4 nitrogen and oxygen atoms in total. The summed E-state index contributed by atoms with van der Waals surface area (Å²) < 4.78 is 31.6. The number of hydrogen-bond acceptors (Lipinski definition) is 4. The van der Waals surface area contributed by atoms with E-state index in [0.29, 0.717) is 17.3 Å². The van der Waals surface area contributed by atoms with Crippen molar-refractivity contribution in [2.24, 2.45) is 0 Å². The van der Waals surface area contributed by atoms with Gasteiger partial charge in [-0.2, -0.15) is 4.98 Å². The van der Waals surface area contributed by atoms with Crippen LogP contribution in [0.3, 0.4) is 0 Å². The van der Waals surface area contributed by atoms with Crippen molar-refractivity contribution in [3.63, 3.8) is 0 Å². The van der Waals surface area contributed by atoms with Crippen molar-refractivity contribution in [2.75, 3.05) is 6.54 Å². The molecule has 1 fully saturated rings. The van der Waals surface area contributed by atoms with E-state index in [1.54, 1.807) is 0 Å². The van der Waals surface area contributed by atoms with Crippen LogP contribution in [0.1, 0.15) is 42.6 Å². The van der Waals surface area contributed by atoms with Gasteiger partial charge in [-0.05, 0) is 31.0 Å². The second-order valence-electron chi connectivity index (χ2n) is 4.96. The molecule has 1 aliphatic rings. The maximum atomic E-state index is 13.6. The first-order valence-electron chi connectivity index (χ1n) is 6.72. The van der Waals surface area contributed by atoms with Gasteiger partial charge >= 0.3 is 0 Å². The van der Waals surface area contributed by atoms with Crippen molar-refractivity contribution in [3.8, 4) is 0 Å². The fraction of sp³-hybridized carbons (Fsp3) is 0.429. The van der Waals surface area contributed by atoms with E-state index in [-0.39, 0.29) is 12.5 Å². The van der Waals surface area contributed by atoms with Crippen LogP contribution in [0.25, 0.3) is 0 Å². The summed E-state index contributed by atoms with van der Waals surface area (Å²) in [4.78, 5) is 4.29. The standard InChI is InChI=1S/C14H15F2N3O/c15-10-5-4-9(11(16)8-10)7-13-18-14(20-19-13)12-3-1-2-6-17-12/h4-5,8,12,17H,1-3,6-7H2/t12-/m0/s1. The normalized spacial score (nSPS) is 19.2. The van der Waals surface area contributed by atoms with Gasteiger partial charge in [-0.1, -0.05) is 17.6 Å². The molecular weight excluding hydrogens is 264 g/mol. The molecule has 2 aromatic rings. The molecule has 0 spiro atoms. The Morgan fingerprint density at radius 3 is 2.95 bits per heavy atom. The minimum Gasteiger partial charge on any atom is -0.338 e. The second kappa shape index (κ2) is 5.66. The van der Waals surface area contributed by atoms with Gasteiger partial charge in [0.25, 0.3) is 0 Å². The van der Waals surface area contributed by atoms with Crippen LogP contribution in [-0.4, -0.2) is 16.7 Å². The third-order valence-electron chi connectivity index (χ3n) is 3.46. The van der Waals surface area contributed by atoms with E-state index < -0.39 is 11.6 Å². The van der Waals surface area contributed by atoms with Crippen LogP contribution in [0.5, 0.6) is 0 Å². The van der Waals surface area contributed by atoms with Gasteiger partial charge in [0, 0.05) is 12.5 Å². The van der Waals surface area contributed by atoms with Crippen molar-refractivity contribution < 1.29 is 13.3 Å². The summed E-state index contributed by atoms with van der Waals surface area (Å²) in [5.74, 6) is -0.223. The minimum absolute atomic E-state index is 0.0862. The first-order chi connectivity index (χ1) is 9.72. The van der Waals surface area contributed by atoms with Gasteiger partial charge in [0.15, 0.2) is 5.82 Å². The summed E-state index contributed by atoms with van der Waals surface area (Å²) in [6.45, 7) is 0.939. The Morgan fingerprint density at radius 2 is 2.20 bits per heavy atom. The number of aromatic nitrogens is 2. The van der Waals surface area contributed by atoms with Gasteiger partial charge in [-0.15, -0.1) is 0 Å². The Morgan fingerprint density at radius 1 is 1.30 bits per heavy atom. The zero-order valence-electron chi connectivity index (χ0n) is 10.9. The maximum Gasteiger partial charge on any atom is 0.243 e. The predicted octanol–water partition coefficient (Wildman–Crippen LogP) is 2.75. The van der Waals surface area contributed by atoms with Gasteiger partial charge in [0.2, 0.25) is 5.89 Å². The Kier molecular flexibility index (Phi) is 3.73. The number of nitrogens with zero attached hydrogens (tertiary/aromatic N) is 2. The SMILES string of the molecule is Fc1ccc(Cc2noc([C@@H]3CCCCN3)n2)c(F)c1. The van der Waals surface area contributed by atoms with Gasteiger partial charge in [-0.3, -0.25) is 0 Å². The number of rotatable bonds is 3. The average molecular weight is 279 g/mol. The highest BCUT2D eigenvalue weighted by molar-refractivity contribution is 5.21. The van der Waals surface area contributed by atoms with E-state index in [1.807, 2.05) is 0 Å². The van der Waals surface area contributed by atoms with Gasteiger partial charge in [0.05, 0.1) is 6.04 Å². The van der Waals surface area contributed by atoms with Gasteiger partial charge in [0.1, 0.15) is 11.6 Å². The van der Waals surface area contributed by atoms with Crippen LogP contribution in [0.4, 0.5) is 8.78 Å². The molecule has 1 aromatic heterocycles. The Bertz CT molecular complexity index is 594. The van der Waals surface area contributed by atoms with Crippen LogP contribution in [-0.2, 0) is 6.42 Å². The van der Waals surface area contributed by atoms with Crippen molar-refractivity contribution in [1.29, 1.82) is 0 Å². The lowest BCUT2D eigenvalue weighted by Crippen LogP contribution is -2.27. The molecule has 1 saturated heterocycles. The fourth-order valence-corrected chi connectivity index (χ4v) is 2.38. The van der Waals surface area contributed by atoms with E-state index in [9.17, 15) is 8.78 Å². The smallest absolute Gasteiger partial charge is 0.243 e. The zero-order valence-corrected chi connectivity index (χ0v) is 10.9. The summed E-state index contributed by atoms with van der Waals surface area (Å²) in [5, 5.41) is 7.18. The molecule has 0 saturated carbocycles. The molecule has 3 rings (SSSR count). The molecule has 106 valence electrons. The molecule has 0 aliphatic carbocycles. The highest BCUT2D eigenvalue weighted by Crippen LogP contribution is 2.22. The highest BCUT2D eigenvalue weighted by atomic mass is 19.1. The first kappa shape index (κ1) is 13.2. The summed E-state index contributed by atoms with van der Waals surface area (Å²) in [5.41, 5.74) is 0.357. The average Bonchev–Trinajstić information content (AvgIpc) is 2.92. The van der Waals surface area contributed by atoms with Crippen LogP contribution >= 0.6 is 0 Å². The summed E-state index contributed by atoms with van der Waals surface area (Å²) >= 11 is 0. The van der Waals surface area contributed by atoms with Crippen LogP contribution in [0.15, 0.2) is 22.7 Å². The molecule has 1 aromatic carbocycles. The molecule has 1 aliphatic heterocycles. The van der Waals surface area contributed by atoms with E-state index in [4.69, 9.17) is 4.52 Å². The fourth-order valence-electron chi connectivity index (χ4n) is 2.38. The summed E-state index contributed by atoms with van der Waals surface area (Å²) in [7, 11) is 0. The van der Waals surface area contributed by atoms with Gasteiger partial charge < -0.3 is 9.84 Å². The lowest BCUT2D eigenvalue weighted by Gasteiger charge is -2.19. The zero-order chi connectivity index (χ0) is 13.9. The third-order valence-corrected chi connectivity index (χ3v) is 3.46. The molecule has 1 atom stereocenters. The summed E-state index contributed by atoms with van der Waals surface area (Å²) in [6, 6.07) is 3.57.